The SMILES string of the molecule is CCC1OC(=O)[C@H](C)[C@@H](O[C@H]2CC(C)(OC)[C@@H](O)C(C)O2)[C@H](C)[C@@H](O[C@@H]2OC(C)CC(N(C)C)C2O)[C@](C)(OC)C[C@@H](C)/C(=N\OCOCCOC)[C@H](C)[C@@H](O)[C@]1(C)O. The number of likely N-dealkylation sites (N-methyl/N-ethyl adjacent to an activating group) is 1. The Bertz CT molecular complexity index is 1320. The number of aliphatic hydroxyl groups is 4. The van der Waals surface area contributed by atoms with Crippen LogP contribution in [0.15, 0.2) is 5.16 Å². The first-order chi connectivity index (χ1) is 27.5. The second-order valence-electron chi connectivity index (χ2n) is 17.9. The smallest absolute Gasteiger partial charge is 0.311 e. The summed E-state index contributed by atoms with van der Waals surface area (Å²) in [7, 11) is 8.41. The van der Waals surface area contributed by atoms with Crippen molar-refractivity contribution >= 4 is 11.7 Å². The highest BCUT2D eigenvalue weighted by molar-refractivity contribution is 5.88. The second-order valence-corrected chi connectivity index (χ2v) is 17.9. The van der Waals surface area contributed by atoms with Crippen molar-refractivity contribution in [1.82, 2.24) is 4.90 Å². The largest absolute Gasteiger partial charge is 0.459 e. The molecule has 0 aromatic carbocycles. The van der Waals surface area contributed by atoms with Gasteiger partial charge < -0.3 is 72.8 Å². The molecule has 0 spiro atoms. The average molecular weight is 851 g/mol. The first-order valence-electron chi connectivity index (χ1n) is 21.1. The van der Waals surface area contributed by atoms with E-state index in [9.17, 15) is 25.2 Å². The molecular formula is C42H78N2O15. The number of cyclic esters (lactones) is 1. The van der Waals surface area contributed by atoms with E-state index in [4.69, 9.17) is 47.5 Å². The van der Waals surface area contributed by atoms with Crippen LogP contribution in [0.25, 0.3) is 0 Å². The van der Waals surface area contributed by atoms with E-state index in [0.717, 1.165) is 0 Å². The van der Waals surface area contributed by atoms with Crippen molar-refractivity contribution in [3.63, 3.8) is 0 Å². The molecule has 3 saturated heterocycles. The molecule has 4 N–H and O–H groups in total. The lowest BCUT2D eigenvalue weighted by Crippen LogP contribution is -2.61. The normalized spacial score (nSPS) is 45.3. The molecule has 346 valence electrons. The Labute approximate surface area is 352 Å². The number of methoxy groups -OCH3 is 3. The summed E-state index contributed by atoms with van der Waals surface area (Å²) in [6, 6.07) is -0.287. The standard InChI is InChI=1S/C42H78N2O15/c1-16-30-42(10,49)35(46)25(4)32(43-54-22-53-18-17-50-13)23(2)20-41(9,52-15)37(59-39-33(45)29(44(11)12)19-24(3)55-39)26(5)34(27(6)38(48)57-30)58-31-21-40(8,51-14)36(47)28(7)56-31/h23-31,33-37,39,45-47,49H,16-22H2,1-15H3/b43-32+/t23-,24?,25+,26+,27-,28?,29?,30?,31+,33?,34+,35-,36+,37-,39+,40?,41-,42-/m1/s1. The van der Waals surface area contributed by atoms with E-state index in [-0.39, 0.29) is 44.8 Å². The number of oxime groups is 1. The van der Waals surface area contributed by atoms with E-state index in [1.807, 2.05) is 46.7 Å². The lowest BCUT2D eigenvalue weighted by molar-refractivity contribution is -0.319. The molecular weight excluding hydrogens is 772 g/mol. The summed E-state index contributed by atoms with van der Waals surface area (Å²) < 4.78 is 55.2. The third-order valence-corrected chi connectivity index (χ3v) is 13.0. The van der Waals surface area contributed by atoms with Crippen molar-refractivity contribution in [1.29, 1.82) is 0 Å². The summed E-state index contributed by atoms with van der Waals surface area (Å²) in [5.74, 6) is -3.72. The van der Waals surface area contributed by atoms with Gasteiger partial charge in [-0.3, -0.25) is 4.79 Å². The maximum Gasteiger partial charge on any atom is 0.311 e. The van der Waals surface area contributed by atoms with Crippen LogP contribution in [0.1, 0.15) is 94.9 Å². The third kappa shape index (κ3) is 12.3. The van der Waals surface area contributed by atoms with Crippen LogP contribution in [0, 0.1) is 23.7 Å². The van der Waals surface area contributed by atoms with Gasteiger partial charge in [-0.15, -0.1) is 0 Å². The molecule has 18 atom stereocenters. The maximum atomic E-state index is 14.4. The molecule has 6 unspecified atom stereocenters. The maximum absolute atomic E-state index is 14.4. The molecule has 17 nitrogen and oxygen atoms in total. The zero-order valence-electron chi connectivity index (χ0n) is 38.3. The van der Waals surface area contributed by atoms with Crippen LogP contribution >= 0.6 is 0 Å². The van der Waals surface area contributed by atoms with Gasteiger partial charge in [0.1, 0.15) is 23.9 Å². The Balaban J connectivity index is 2.26. The summed E-state index contributed by atoms with van der Waals surface area (Å²) in [5, 5.41) is 51.2. The first-order valence-corrected chi connectivity index (χ1v) is 21.1. The number of rotatable bonds is 14. The number of nitrogens with zero attached hydrogens (tertiary/aromatic N) is 2. The highest BCUT2D eigenvalue weighted by atomic mass is 16.7. The van der Waals surface area contributed by atoms with Gasteiger partial charge in [0, 0.05) is 51.5 Å². The second kappa shape index (κ2) is 22.2. The highest BCUT2D eigenvalue weighted by Gasteiger charge is 2.54. The van der Waals surface area contributed by atoms with Crippen LogP contribution in [0.4, 0.5) is 0 Å². The Kier molecular flexibility index (Phi) is 19.4. The summed E-state index contributed by atoms with van der Waals surface area (Å²) >= 11 is 0. The quantitative estimate of drug-likeness (QED) is 0.0859. The molecule has 0 amide bonds. The predicted octanol–water partition coefficient (Wildman–Crippen LogP) is 2.86. The number of carbonyl (C=O) groups is 1. The van der Waals surface area contributed by atoms with Gasteiger partial charge in [0.15, 0.2) is 12.6 Å². The molecule has 3 aliphatic rings. The Hall–Kier alpha value is -1.58. The number of ether oxygens (including phenoxy) is 9. The fourth-order valence-corrected chi connectivity index (χ4v) is 9.11. The van der Waals surface area contributed by atoms with Crippen LogP contribution < -0.4 is 0 Å². The third-order valence-electron chi connectivity index (χ3n) is 13.0. The fraction of sp³-hybridized carbons (Fsp3) is 0.952. The molecule has 0 bridgehead atoms. The van der Waals surface area contributed by atoms with Gasteiger partial charge in [0.2, 0.25) is 6.79 Å². The van der Waals surface area contributed by atoms with Crippen molar-refractivity contribution in [2.24, 2.45) is 28.8 Å². The van der Waals surface area contributed by atoms with Gasteiger partial charge in [-0.1, -0.05) is 32.9 Å². The summed E-state index contributed by atoms with van der Waals surface area (Å²) in [4.78, 5) is 22.0. The van der Waals surface area contributed by atoms with Crippen LogP contribution in [-0.2, 0) is 52.3 Å². The molecule has 0 aromatic rings. The van der Waals surface area contributed by atoms with E-state index in [1.165, 1.54) is 14.0 Å². The Morgan fingerprint density at radius 1 is 0.864 bits per heavy atom. The minimum atomic E-state index is -1.94. The van der Waals surface area contributed by atoms with Crippen LogP contribution in [0.5, 0.6) is 0 Å². The number of hydrogen-bond donors (Lipinski definition) is 4. The molecule has 0 aliphatic carbocycles. The Morgan fingerprint density at radius 2 is 1.51 bits per heavy atom. The predicted molar refractivity (Wildman–Crippen MR) is 217 cm³/mol. The lowest BCUT2D eigenvalue weighted by Gasteiger charge is -2.50. The number of esters is 1. The molecule has 0 saturated carbocycles. The van der Waals surface area contributed by atoms with Crippen molar-refractivity contribution in [2.45, 2.75) is 179 Å². The number of carbonyl (C=O) groups excluding carboxylic acids is 1. The fourth-order valence-electron chi connectivity index (χ4n) is 9.11. The van der Waals surface area contributed by atoms with Crippen LogP contribution in [0.3, 0.4) is 0 Å². The summed E-state index contributed by atoms with van der Waals surface area (Å²) in [6.45, 7) is 18.1. The van der Waals surface area contributed by atoms with E-state index >= 15 is 0 Å². The first kappa shape index (κ1) is 51.8. The van der Waals surface area contributed by atoms with Crippen molar-refractivity contribution in [3.05, 3.63) is 0 Å². The van der Waals surface area contributed by atoms with Gasteiger partial charge in [0.25, 0.3) is 0 Å². The van der Waals surface area contributed by atoms with Gasteiger partial charge in [-0.2, -0.15) is 0 Å². The van der Waals surface area contributed by atoms with Crippen molar-refractivity contribution in [2.75, 3.05) is 55.4 Å². The molecule has 17 heteroatoms. The molecule has 3 heterocycles. The van der Waals surface area contributed by atoms with E-state index < -0.39 is 102 Å². The lowest BCUT2D eigenvalue weighted by atomic mass is 9.73. The molecule has 0 aromatic heterocycles. The number of hydrogen-bond acceptors (Lipinski definition) is 17. The highest BCUT2D eigenvalue weighted by Crippen LogP contribution is 2.42. The Morgan fingerprint density at radius 3 is 2.08 bits per heavy atom. The topological polar surface area (TPSA) is 206 Å². The average Bonchev–Trinajstić information content (AvgIpc) is 3.18. The van der Waals surface area contributed by atoms with Crippen molar-refractivity contribution < 1.29 is 72.7 Å². The summed E-state index contributed by atoms with van der Waals surface area (Å²) in [6.07, 6.45) is -8.52. The minimum Gasteiger partial charge on any atom is -0.459 e. The van der Waals surface area contributed by atoms with Crippen LogP contribution in [-0.4, -0.2) is 177 Å². The monoisotopic (exact) mass is 851 g/mol. The van der Waals surface area contributed by atoms with Gasteiger partial charge >= 0.3 is 5.97 Å². The molecule has 3 fully saturated rings. The van der Waals surface area contributed by atoms with Crippen molar-refractivity contribution in [3.8, 4) is 0 Å². The van der Waals surface area contributed by atoms with E-state index in [1.54, 1.807) is 48.8 Å². The van der Waals surface area contributed by atoms with Gasteiger partial charge in [0.05, 0.1) is 66.6 Å². The van der Waals surface area contributed by atoms with Crippen LogP contribution in [0.2, 0.25) is 0 Å². The molecule has 0 radical (unpaired) electrons. The van der Waals surface area contributed by atoms with E-state index in [2.05, 4.69) is 5.16 Å². The van der Waals surface area contributed by atoms with E-state index in [0.29, 0.717) is 18.7 Å². The molecule has 3 rings (SSSR count). The minimum absolute atomic E-state index is 0.127. The zero-order chi connectivity index (χ0) is 44.6. The van der Waals surface area contributed by atoms with Gasteiger partial charge in [-0.05, 0) is 74.9 Å². The van der Waals surface area contributed by atoms with Gasteiger partial charge in [-0.25, -0.2) is 0 Å². The molecule has 59 heavy (non-hydrogen) atoms. The molecule has 3 aliphatic heterocycles. The summed E-state index contributed by atoms with van der Waals surface area (Å²) in [5.41, 5.74) is -3.81. The zero-order valence-corrected chi connectivity index (χ0v) is 38.3. The number of aliphatic hydroxyl groups excluding tert-OH is 3.